The number of hydrogen-bond donors (Lipinski definition) is 1. The van der Waals surface area contributed by atoms with E-state index in [-0.39, 0.29) is 0 Å². The van der Waals surface area contributed by atoms with Gasteiger partial charge in [-0.15, -0.1) is 0 Å². The lowest BCUT2D eigenvalue weighted by atomic mass is 9.86. The van der Waals surface area contributed by atoms with Crippen LogP contribution in [0.2, 0.25) is 0 Å². The van der Waals surface area contributed by atoms with E-state index in [9.17, 15) is 0 Å². The molecule has 2 nitrogen and oxygen atoms in total. The number of rotatable bonds is 4. The third-order valence-corrected chi connectivity index (χ3v) is 4.50. The minimum Gasteiger partial charge on any atom is -0.330 e. The highest BCUT2D eigenvalue weighted by atomic mass is 15.2. The van der Waals surface area contributed by atoms with E-state index < -0.39 is 0 Å². The van der Waals surface area contributed by atoms with E-state index in [1.54, 1.807) is 0 Å². The highest BCUT2D eigenvalue weighted by molar-refractivity contribution is 4.90. The lowest BCUT2D eigenvalue weighted by Gasteiger charge is -2.41. The lowest BCUT2D eigenvalue weighted by Crippen LogP contribution is -2.48. The van der Waals surface area contributed by atoms with Crippen LogP contribution < -0.4 is 5.73 Å². The summed E-state index contributed by atoms with van der Waals surface area (Å²) >= 11 is 0. The summed E-state index contributed by atoms with van der Waals surface area (Å²) in [5.74, 6) is 2.59. The summed E-state index contributed by atoms with van der Waals surface area (Å²) in [5.41, 5.74) is 5.86. The average molecular weight is 210 g/mol. The largest absolute Gasteiger partial charge is 0.330 e. The van der Waals surface area contributed by atoms with Crippen LogP contribution in [0.4, 0.5) is 0 Å². The summed E-state index contributed by atoms with van der Waals surface area (Å²) in [6, 6.07) is 0.867. The van der Waals surface area contributed by atoms with Crippen molar-refractivity contribution in [2.45, 2.75) is 45.6 Å². The average Bonchev–Trinajstić information content (AvgIpc) is 3.06. The van der Waals surface area contributed by atoms with Gasteiger partial charge < -0.3 is 5.73 Å². The van der Waals surface area contributed by atoms with Crippen molar-refractivity contribution in [3.8, 4) is 0 Å². The Balaban J connectivity index is 1.91. The van der Waals surface area contributed by atoms with Gasteiger partial charge in [0.2, 0.25) is 0 Å². The van der Waals surface area contributed by atoms with E-state index in [4.69, 9.17) is 5.73 Å². The highest BCUT2D eigenvalue weighted by Gasteiger charge is 2.36. The van der Waals surface area contributed by atoms with E-state index in [2.05, 4.69) is 18.7 Å². The minimum atomic E-state index is 0.742. The normalized spacial score (nSPS) is 35.4. The molecule has 15 heavy (non-hydrogen) atoms. The molecule has 1 saturated heterocycles. The Bertz CT molecular complexity index is 201. The molecule has 3 atom stereocenters. The predicted octanol–water partition coefficient (Wildman–Crippen LogP) is 2.09. The van der Waals surface area contributed by atoms with Crippen molar-refractivity contribution in [1.29, 1.82) is 0 Å². The van der Waals surface area contributed by atoms with Crippen molar-refractivity contribution >= 4 is 0 Å². The first kappa shape index (κ1) is 11.4. The number of piperidine rings is 1. The Morgan fingerprint density at radius 2 is 2.07 bits per heavy atom. The van der Waals surface area contributed by atoms with Gasteiger partial charge >= 0.3 is 0 Å². The van der Waals surface area contributed by atoms with Crippen LogP contribution in [0.3, 0.4) is 0 Å². The maximum atomic E-state index is 5.86. The van der Waals surface area contributed by atoms with Gasteiger partial charge in [-0.3, -0.25) is 4.90 Å². The Morgan fingerprint density at radius 3 is 2.60 bits per heavy atom. The maximum Gasteiger partial charge on any atom is 0.0121 e. The monoisotopic (exact) mass is 210 g/mol. The molecular formula is C13H26N2. The summed E-state index contributed by atoms with van der Waals surface area (Å²) in [5, 5.41) is 0. The van der Waals surface area contributed by atoms with Crippen LogP contribution >= 0.6 is 0 Å². The second kappa shape index (κ2) is 4.84. The first-order chi connectivity index (χ1) is 7.26. The standard InChI is InChI=1S/C13H26N2/c1-3-13(11-4-5-11)15-7-6-10(2)12(8-14)9-15/h10-13H,3-9,14H2,1-2H3. The summed E-state index contributed by atoms with van der Waals surface area (Å²) in [7, 11) is 0. The quantitative estimate of drug-likeness (QED) is 0.770. The molecule has 2 fully saturated rings. The molecule has 2 aliphatic rings. The predicted molar refractivity (Wildman–Crippen MR) is 64.7 cm³/mol. The molecule has 2 N–H and O–H groups in total. The highest BCUT2D eigenvalue weighted by Crippen LogP contribution is 2.38. The fraction of sp³-hybridized carbons (Fsp3) is 1.00. The molecular weight excluding hydrogens is 184 g/mol. The third kappa shape index (κ3) is 2.54. The first-order valence-electron chi connectivity index (χ1n) is 6.70. The SMILES string of the molecule is CCC(C1CC1)N1CCC(C)C(CN)C1. The molecule has 0 spiro atoms. The van der Waals surface area contributed by atoms with E-state index in [1.807, 2.05) is 0 Å². The Kier molecular flexibility index (Phi) is 3.68. The Labute approximate surface area is 94.2 Å². The van der Waals surface area contributed by atoms with Crippen molar-refractivity contribution < 1.29 is 0 Å². The number of nitrogens with zero attached hydrogens (tertiary/aromatic N) is 1. The second-order valence-electron chi connectivity index (χ2n) is 5.57. The van der Waals surface area contributed by atoms with Crippen LogP contribution in [0.1, 0.15) is 39.5 Å². The molecule has 2 rings (SSSR count). The van der Waals surface area contributed by atoms with E-state index in [1.165, 1.54) is 38.8 Å². The van der Waals surface area contributed by atoms with Crippen molar-refractivity contribution in [3.63, 3.8) is 0 Å². The first-order valence-corrected chi connectivity index (χ1v) is 6.70. The second-order valence-corrected chi connectivity index (χ2v) is 5.57. The number of hydrogen-bond acceptors (Lipinski definition) is 2. The van der Waals surface area contributed by atoms with Crippen LogP contribution in [0.5, 0.6) is 0 Å². The van der Waals surface area contributed by atoms with Crippen molar-refractivity contribution in [3.05, 3.63) is 0 Å². The van der Waals surface area contributed by atoms with Crippen LogP contribution in [-0.2, 0) is 0 Å². The van der Waals surface area contributed by atoms with Gasteiger partial charge in [0.15, 0.2) is 0 Å². The zero-order valence-corrected chi connectivity index (χ0v) is 10.3. The molecule has 0 aromatic carbocycles. The van der Waals surface area contributed by atoms with Gasteiger partial charge in [0, 0.05) is 12.6 Å². The summed E-state index contributed by atoms with van der Waals surface area (Å²) in [4.78, 5) is 2.73. The zero-order chi connectivity index (χ0) is 10.8. The van der Waals surface area contributed by atoms with Gasteiger partial charge in [-0.25, -0.2) is 0 Å². The van der Waals surface area contributed by atoms with E-state index in [0.29, 0.717) is 0 Å². The minimum absolute atomic E-state index is 0.742. The fourth-order valence-electron chi connectivity index (χ4n) is 3.16. The molecule has 1 saturated carbocycles. The molecule has 0 aromatic rings. The van der Waals surface area contributed by atoms with Crippen molar-refractivity contribution in [2.75, 3.05) is 19.6 Å². The molecule has 2 heteroatoms. The molecule has 1 heterocycles. The fourth-order valence-corrected chi connectivity index (χ4v) is 3.16. The number of nitrogens with two attached hydrogens (primary N) is 1. The van der Waals surface area contributed by atoms with Gasteiger partial charge in [0.1, 0.15) is 0 Å². The van der Waals surface area contributed by atoms with Crippen LogP contribution in [0, 0.1) is 17.8 Å². The third-order valence-electron chi connectivity index (χ3n) is 4.50. The molecule has 1 aliphatic heterocycles. The summed E-state index contributed by atoms with van der Waals surface area (Å²) in [6.07, 6.45) is 5.62. The van der Waals surface area contributed by atoms with E-state index in [0.717, 1.165) is 30.3 Å². The molecule has 0 bridgehead atoms. The van der Waals surface area contributed by atoms with Crippen molar-refractivity contribution in [2.24, 2.45) is 23.5 Å². The van der Waals surface area contributed by atoms with Gasteiger partial charge in [-0.1, -0.05) is 13.8 Å². The van der Waals surface area contributed by atoms with Gasteiger partial charge in [0.05, 0.1) is 0 Å². The van der Waals surface area contributed by atoms with Crippen LogP contribution in [0.15, 0.2) is 0 Å². The van der Waals surface area contributed by atoms with Crippen molar-refractivity contribution in [1.82, 2.24) is 4.90 Å². The molecule has 88 valence electrons. The lowest BCUT2D eigenvalue weighted by molar-refractivity contribution is 0.0788. The van der Waals surface area contributed by atoms with Crippen LogP contribution in [0.25, 0.3) is 0 Å². The Morgan fingerprint density at radius 1 is 1.33 bits per heavy atom. The van der Waals surface area contributed by atoms with E-state index >= 15 is 0 Å². The maximum absolute atomic E-state index is 5.86. The number of likely N-dealkylation sites (tertiary alicyclic amines) is 1. The summed E-state index contributed by atoms with van der Waals surface area (Å²) in [6.45, 7) is 8.16. The van der Waals surface area contributed by atoms with Gasteiger partial charge in [-0.2, -0.15) is 0 Å². The van der Waals surface area contributed by atoms with Gasteiger partial charge in [0.25, 0.3) is 0 Å². The molecule has 0 aromatic heterocycles. The summed E-state index contributed by atoms with van der Waals surface area (Å²) < 4.78 is 0. The van der Waals surface area contributed by atoms with Gasteiger partial charge in [-0.05, 0) is 56.5 Å². The Hall–Kier alpha value is -0.0800. The molecule has 0 radical (unpaired) electrons. The topological polar surface area (TPSA) is 29.3 Å². The zero-order valence-electron chi connectivity index (χ0n) is 10.3. The molecule has 3 unspecified atom stereocenters. The molecule has 1 aliphatic carbocycles. The molecule has 0 amide bonds. The van der Waals surface area contributed by atoms with Crippen LogP contribution in [-0.4, -0.2) is 30.6 Å². The smallest absolute Gasteiger partial charge is 0.0121 e.